The van der Waals surface area contributed by atoms with Gasteiger partial charge < -0.3 is 5.73 Å². The van der Waals surface area contributed by atoms with E-state index in [0.717, 1.165) is 0 Å². The van der Waals surface area contributed by atoms with Gasteiger partial charge in [0.15, 0.2) is 0 Å². The van der Waals surface area contributed by atoms with E-state index in [1.165, 1.54) is 6.07 Å². The summed E-state index contributed by atoms with van der Waals surface area (Å²) >= 11 is 5.59. The van der Waals surface area contributed by atoms with Gasteiger partial charge in [0.2, 0.25) is 0 Å². The van der Waals surface area contributed by atoms with Crippen LogP contribution in [-0.2, 0) is 17.4 Å². The van der Waals surface area contributed by atoms with E-state index in [2.05, 4.69) is 0 Å². The second kappa shape index (κ2) is 4.11. The Kier molecular flexibility index (Phi) is 3.00. The molecule has 2 rings (SSSR count). The molecule has 1 heterocycles. The summed E-state index contributed by atoms with van der Waals surface area (Å²) in [4.78, 5) is 11.4. The number of carbonyl (C=O) groups excluding carboxylic acids is 1. The minimum Gasteiger partial charge on any atom is -0.320 e. The van der Waals surface area contributed by atoms with Crippen LogP contribution in [0.15, 0.2) is 12.1 Å². The molecule has 0 bridgehead atoms. The lowest BCUT2D eigenvalue weighted by Crippen LogP contribution is -2.48. The zero-order valence-corrected chi connectivity index (χ0v) is 9.59. The van der Waals surface area contributed by atoms with Crippen LogP contribution in [0.25, 0.3) is 0 Å². The van der Waals surface area contributed by atoms with Crippen molar-refractivity contribution in [2.24, 2.45) is 5.73 Å². The summed E-state index contributed by atoms with van der Waals surface area (Å²) in [7, 11) is 0. The van der Waals surface area contributed by atoms with Gasteiger partial charge >= 0.3 is 6.18 Å². The second-order valence-corrected chi connectivity index (χ2v) is 4.36. The second-order valence-electron chi connectivity index (χ2n) is 3.92. The predicted octanol–water partition coefficient (Wildman–Crippen LogP) is 1.96. The number of alkyl halides is 3. The van der Waals surface area contributed by atoms with E-state index in [-0.39, 0.29) is 22.1 Å². The maximum Gasteiger partial charge on any atom is 0.418 e. The number of rotatable bonds is 0. The summed E-state index contributed by atoms with van der Waals surface area (Å²) in [5.41, 5.74) is 3.75. The average Bonchev–Trinajstić information content (AvgIpc) is 2.23. The lowest BCUT2D eigenvalue weighted by Gasteiger charge is -2.30. The molecule has 4 nitrogen and oxygen atoms in total. The first-order chi connectivity index (χ1) is 8.21. The number of nitrogens with zero attached hydrogens (tertiary/aromatic N) is 1. The maximum absolute atomic E-state index is 12.8. The van der Waals surface area contributed by atoms with Gasteiger partial charge in [-0.05, 0) is 24.1 Å². The van der Waals surface area contributed by atoms with Crippen molar-refractivity contribution in [3.05, 3.63) is 28.3 Å². The molecule has 0 saturated heterocycles. The third-order valence-electron chi connectivity index (χ3n) is 2.64. The summed E-state index contributed by atoms with van der Waals surface area (Å²) in [6.45, 7) is 0. The van der Waals surface area contributed by atoms with Gasteiger partial charge in [-0.25, -0.2) is 0 Å². The first-order valence-corrected chi connectivity index (χ1v) is 5.27. The van der Waals surface area contributed by atoms with Gasteiger partial charge in [0.1, 0.15) is 0 Å². The molecule has 0 aromatic heterocycles. The fraction of sp³-hybridized carbons (Fsp3) is 0.300. The standard InChI is InChI=1S/C10H8ClF3N2O2/c11-5-1-4-2-7(15)9(17)16(18)8(4)6(3-5)10(12,13)14/h1,3,7,18H,2,15H2. The van der Waals surface area contributed by atoms with Crippen LogP contribution in [0.2, 0.25) is 5.02 Å². The first kappa shape index (κ1) is 13.1. The van der Waals surface area contributed by atoms with Crippen LogP contribution in [0.3, 0.4) is 0 Å². The topological polar surface area (TPSA) is 66.6 Å². The number of hydrogen-bond donors (Lipinski definition) is 2. The molecule has 0 aliphatic carbocycles. The third-order valence-corrected chi connectivity index (χ3v) is 2.85. The van der Waals surface area contributed by atoms with Gasteiger partial charge in [-0.1, -0.05) is 11.6 Å². The molecule has 1 unspecified atom stereocenters. The van der Waals surface area contributed by atoms with Gasteiger partial charge in [0.05, 0.1) is 17.3 Å². The minimum atomic E-state index is -4.72. The number of halogens is 4. The quantitative estimate of drug-likeness (QED) is 0.714. The molecule has 0 fully saturated rings. The van der Waals surface area contributed by atoms with Gasteiger partial charge in [0, 0.05) is 5.02 Å². The van der Waals surface area contributed by atoms with Crippen LogP contribution in [-0.4, -0.2) is 17.2 Å². The molecule has 1 aromatic carbocycles. The minimum absolute atomic E-state index is 0.0529. The Hall–Kier alpha value is -1.31. The van der Waals surface area contributed by atoms with E-state index in [1.54, 1.807) is 0 Å². The zero-order valence-electron chi connectivity index (χ0n) is 8.83. The van der Waals surface area contributed by atoms with Crippen molar-refractivity contribution in [2.45, 2.75) is 18.6 Å². The number of carbonyl (C=O) groups is 1. The fourth-order valence-electron chi connectivity index (χ4n) is 1.87. The smallest absolute Gasteiger partial charge is 0.320 e. The van der Waals surface area contributed by atoms with E-state index in [1.807, 2.05) is 0 Å². The van der Waals surface area contributed by atoms with E-state index >= 15 is 0 Å². The molecule has 1 amide bonds. The number of nitrogens with two attached hydrogens (primary N) is 1. The fourth-order valence-corrected chi connectivity index (χ4v) is 2.11. The van der Waals surface area contributed by atoms with Crippen LogP contribution >= 0.6 is 11.6 Å². The van der Waals surface area contributed by atoms with E-state index in [0.29, 0.717) is 6.07 Å². The highest BCUT2D eigenvalue weighted by Crippen LogP contribution is 2.42. The lowest BCUT2D eigenvalue weighted by molar-refractivity contribution is -0.138. The largest absolute Gasteiger partial charge is 0.418 e. The van der Waals surface area contributed by atoms with Crippen molar-refractivity contribution < 1.29 is 23.2 Å². The van der Waals surface area contributed by atoms with E-state index in [9.17, 15) is 23.2 Å². The van der Waals surface area contributed by atoms with Crippen molar-refractivity contribution in [1.82, 2.24) is 0 Å². The number of benzene rings is 1. The molecule has 1 aromatic rings. The SMILES string of the molecule is NC1Cc2cc(Cl)cc(C(F)(F)F)c2N(O)C1=O. The third kappa shape index (κ3) is 2.05. The molecule has 98 valence electrons. The Bertz CT molecular complexity index is 519. The Labute approximate surface area is 105 Å². The molecule has 18 heavy (non-hydrogen) atoms. The molecular formula is C10H8ClF3N2O2. The summed E-state index contributed by atoms with van der Waals surface area (Å²) in [5, 5.41) is 9.31. The number of amides is 1. The van der Waals surface area contributed by atoms with Crippen molar-refractivity contribution in [2.75, 3.05) is 5.06 Å². The summed E-state index contributed by atoms with van der Waals surface area (Å²) in [6.07, 6.45) is -4.83. The zero-order chi connectivity index (χ0) is 13.7. The van der Waals surface area contributed by atoms with Crippen LogP contribution in [0, 0.1) is 0 Å². The summed E-state index contributed by atoms with van der Waals surface area (Å²) in [6, 6.07) is 0.831. The Morgan fingerprint density at radius 1 is 1.44 bits per heavy atom. The normalized spacial score (nSPS) is 20.0. The maximum atomic E-state index is 12.8. The van der Waals surface area contributed by atoms with E-state index in [4.69, 9.17) is 17.3 Å². The molecular weight excluding hydrogens is 273 g/mol. The van der Waals surface area contributed by atoms with Gasteiger partial charge in [-0.15, -0.1) is 0 Å². The molecule has 0 saturated carbocycles. The Morgan fingerprint density at radius 3 is 2.61 bits per heavy atom. The Morgan fingerprint density at radius 2 is 2.06 bits per heavy atom. The van der Waals surface area contributed by atoms with Crippen LogP contribution in [0.4, 0.5) is 18.9 Å². The average molecular weight is 281 g/mol. The number of anilines is 1. The molecule has 8 heteroatoms. The number of fused-ring (bicyclic) bond motifs is 1. The van der Waals surface area contributed by atoms with Gasteiger partial charge in [0.25, 0.3) is 5.91 Å². The molecule has 3 N–H and O–H groups in total. The Balaban J connectivity index is 2.69. The predicted molar refractivity (Wildman–Crippen MR) is 57.4 cm³/mol. The molecule has 1 atom stereocenters. The number of hydroxylamine groups is 1. The molecule has 0 radical (unpaired) electrons. The van der Waals surface area contributed by atoms with Gasteiger partial charge in [-0.3, -0.25) is 10.0 Å². The van der Waals surface area contributed by atoms with E-state index < -0.39 is 29.4 Å². The van der Waals surface area contributed by atoms with Crippen molar-refractivity contribution in [1.29, 1.82) is 0 Å². The molecule has 1 aliphatic rings. The number of hydrogen-bond acceptors (Lipinski definition) is 3. The first-order valence-electron chi connectivity index (χ1n) is 4.90. The molecule has 1 aliphatic heterocycles. The van der Waals surface area contributed by atoms with Crippen molar-refractivity contribution in [3.63, 3.8) is 0 Å². The highest BCUT2D eigenvalue weighted by atomic mass is 35.5. The van der Waals surface area contributed by atoms with Crippen molar-refractivity contribution >= 4 is 23.2 Å². The highest BCUT2D eigenvalue weighted by molar-refractivity contribution is 6.31. The lowest BCUT2D eigenvalue weighted by atomic mass is 9.95. The van der Waals surface area contributed by atoms with Gasteiger partial charge in [-0.2, -0.15) is 18.2 Å². The highest BCUT2D eigenvalue weighted by Gasteiger charge is 2.41. The molecule has 0 spiro atoms. The summed E-state index contributed by atoms with van der Waals surface area (Å²) in [5.74, 6) is -0.977. The van der Waals surface area contributed by atoms with Crippen LogP contribution in [0.5, 0.6) is 0 Å². The van der Waals surface area contributed by atoms with Crippen LogP contribution in [0.1, 0.15) is 11.1 Å². The summed E-state index contributed by atoms with van der Waals surface area (Å²) < 4.78 is 38.4. The monoisotopic (exact) mass is 280 g/mol. The van der Waals surface area contributed by atoms with Crippen LogP contribution < -0.4 is 10.8 Å². The van der Waals surface area contributed by atoms with Crippen molar-refractivity contribution in [3.8, 4) is 0 Å².